The zero-order chi connectivity index (χ0) is 21.7. The van der Waals surface area contributed by atoms with E-state index in [4.69, 9.17) is 14.7 Å². The topological polar surface area (TPSA) is 92.2 Å². The van der Waals surface area contributed by atoms with Gasteiger partial charge in [-0.05, 0) is 56.2 Å². The molecule has 6 heteroatoms. The van der Waals surface area contributed by atoms with Crippen molar-refractivity contribution in [3.8, 4) is 22.9 Å². The number of aromatic nitrogens is 1. The lowest BCUT2D eigenvalue weighted by Gasteiger charge is -2.09. The van der Waals surface area contributed by atoms with Gasteiger partial charge in [-0.15, -0.1) is 0 Å². The summed E-state index contributed by atoms with van der Waals surface area (Å²) in [6.07, 6.45) is 0. The molecule has 0 atom stereocenters. The molecule has 0 fully saturated rings. The highest BCUT2D eigenvalue weighted by Gasteiger charge is 2.25. The summed E-state index contributed by atoms with van der Waals surface area (Å²) in [5.41, 5.74) is 4.34. The Morgan fingerprint density at radius 2 is 1.50 bits per heavy atom. The summed E-state index contributed by atoms with van der Waals surface area (Å²) >= 11 is 0. The van der Waals surface area contributed by atoms with Crippen molar-refractivity contribution in [3.05, 3.63) is 76.6 Å². The van der Waals surface area contributed by atoms with Gasteiger partial charge >= 0.3 is 5.97 Å². The highest BCUT2D eigenvalue weighted by Crippen LogP contribution is 2.24. The Balaban J connectivity index is 1.71. The van der Waals surface area contributed by atoms with Crippen molar-refractivity contribution in [1.29, 1.82) is 5.26 Å². The molecular weight excluding hydrogens is 380 g/mol. The van der Waals surface area contributed by atoms with E-state index in [1.807, 2.05) is 24.3 Å². The molecule has 6 nitrogen and oxygen atoms in total. The van der Waals surface area contributed by atoms with Gasteiger partial charge in [0.2, 0.25) is 5.78 Å². The molecule has 0 bridgehead atoms. The molecule has 2 aromatic carbocycles. The van der Waals surface area contributed by atoms with Crippen LogP contribution in [0.15, 0.2) is 48.5 Å². The Morgan fingerprint density at radius 1 is 0.933 bits per heavy atom. The minimum Gasteiger partial charge on any atom is -0.485 e. The van der Waals surface area contributed by atoms with E-state index in [9.17, 15) is 9.59 Å². The normalized spacial score (nSPS) is 10.3. The van der Waals surface area contributed by atoms with E-state index in [1.165, 1.54) is 0 Å². The maximum atomic E-state index is 12.8. The molecule has 0 unspecified atom stereocenters. The summed E-state index contributed by atoms with van der Waals surface area (Å²) in [6, 6.07) is 16.7. The van der Waals surface area contributed by atoms with Crippen LogP contribution in [0, 0.1) is 25.2 Å². The second-order valence-electron chi connectivity index (χ2n) is 6.77. The fraction of sp³-hybridized carbons (Fsp3) is 0.208. The lowest BCUT2D eigenvalue weighted by molar-refractivity contribution is 0.0522. The minimum atomic E-state index is -0.519. The van der Waals surface area contributed by atoms with Gasteiger partial charge in [-0.25, -0.2) is 4.79 Å². The molecule has 30 heavy (non-hydrogen) atoms. The molecule has 0 aliphatic carbocycles. The van der Waals surface area contributed by atoms with Crippen molar-refractivity contribution in [1.82, 2.24) is 4.98 Å². The number of ketones is 1. The van der Waals surface area contributed by atoms with E-state index in [-0.39, 0.29) is 24.6 Å². The van der Waals surface area contributed by atoms with Gasteiger partial charge in [0, 0.05) is 11.4 Å². The van der Waals surface area contributed by atoms with Crippen LogP contribution in [0.4, 0.5) is 0 Å². The molecule has 0 amide bonds. The number of aryl methyl sites for hydroxylation is 2. The van der Waals surface area contributed by atoms with E-state index in [1.54, 1.807) is 45.0 Å². The van der Waals surface area contributed by atoms with Gasteiger partial charge in [0.25, 0.3) is 0 Å². The number of nitriles is 1. The molecule has 3 aromatic rings. The Labute approximate surface area is 175 Å². The number of nitrogens with zero attached hydrogens (tertiary/aromatic N) is 1. The fourth-order valence-electron chi connectivity index (χ4n) is 3.29. The maximum absolute atomic E-state index is 12.8. The van der Waals surface area contributed by atoms with Crippen LogP contribution in [0.5, 0.6) is 5.75 Å². The van der Waals surface area contributed by atoms with Gasteiger partial charge in [-0.3, -0.25) is 4.79 Å². The Morgan fingerprint density at radius 3 is 2.07 bits per heavy atom. The highest BCUT2D eigenvalue weighted by atomic mass is 16.5. The monoisotopic (exact) mass is 402 g/mol. The maximum Gasteiger partial charge on any atom is 0.340 e. The molecule has 0 spiro atoms. The van der Waals surface area contributed by atoms with Gasteiger partial charge < -0.3 is 14.5 Å². The summed E-state index contributed by atoms with van der Waals surface area (Å²) in [6.45, 7) is 5.24. The number of Topliss-reactive ketones (excluding diaryl/α,β-unsaturated/α-hetero) is 1. The van der Waals surface area contributed by atoms with Crippen LogP contribution >= 0.6 is 0 Å². The zero-order valence-corrected chi connectivity index (χ0v) is 17.1. The Kier molecular flexibility index (Phi) is 6.33. The van der Waals surface area contributed by atoms with E-state index in [2.05, 4.69) is 11.1 Å². The van der Waals surface area contributed by atoms with Crippen molar-refractivity contribution >= 4 is 11.8 Å². The molecular formula is C24H22N2O4. The number of benzene rings is 2. The smallest absolute Gasteiger partial charge is 0.340 e. The number of H-pyrrole nitrogens is 1. The average molecular weight is 402 g/mol. The molecule has 0 aliphatic rings. The summed E-state index contributed by atoms with van der Waals surface area (Å²) in [7, 11) is 0. The summed E-state index contributed by atoms with van der Waals surface area (Å²) in [5, 5.41) is 8.89. The standard InChI is InChI=1S/C24H22N2O4/c1-4-29-24(28)23-16(3)26-15(2)22(23)21(27)14-30-20-11-9-19(10-12-20)18-7-5-17(13-25)6-8-18/h5-12,26H,4,14H2,1-3H3. The van der Waals surface area contributed by atoms with E-state index < -0.39 is 5.97 Å². The number of carbonyl (C=O) groups excluding carboxylic acids is 2. The first-order valence-electron chi connectivity index (χ1n) is 9.57. The van der Waals surface area contributed by atoms with Gasteiger partial charge in [-0.2, -0.15) is 5.26 Å². The second kappa shape index (κ2) is 9.10. The van der Waals surface area contributed by atoms with Crippen LogP contribution in [0.25, 0.3) is 11.1 Å². The third-order valence-corrected chi connectivity index (χ3v) is 4.70. The molecule has 152 valence electrons. The van der Waals surface area contributed by atoms with Crippen molar-refractivity contribution in [2.75, 3.05) is 13.2 Å². The number of carbonyl (C=O) groups is 2. The van der Waals surface area contributed by atoms with Crippen LogP contribution in [0.2, 0.25) is 0 Å². The molecule has 1 aromatic heterocycles. The SMILES string of the molecule is CCOC(=O)c1c(C)[nH]c(C)c1C(=O)COc1ccc(-c2ccc(C#N)cc2)cc1. The van der Waals surface area contributed by atoms with Crippen LogP contribution < -0.4 is 4.74 Å². The van der Waals surface area contributed by atoms with Gasteiger partial charge in [0.05, 0.1) is 29.4 Å². The first-order chi connectivity index (χ1) is 14.4. The van der Waals surface area contributed by atoms with E-state index in [0.717, 1.165) is 11.1 Å². The third kappa shape index (κ3) is 4.41. The lowest BCUT2D eigenvalue weighted by atomic mass is 10.0. The number of nitrogens with one attached hydrogen (secondary N) is 1. The predicted octanol–water partition coefficient (Wildman–Crippen LogP) is 4.61. The average Bonchev–Trinajstić information content (AvgIpc) is 3.06. The van der Waals surface area contributed by atoms with E-state index in [0.29, 0.717) is 28.3 Å². The summed E-state index contributed by atoms with van der Waals surface area (Å²) in [4.78, 5) is 28.0. The van der Waals surface area contributed by atoms with Crippen LogP contribution in [-0.2, 0) is 4.74 Å². The van der Waals surface area contributed by atoms with Crippen molar-refractivity contribution < 1.29 is 19.1 Å². The summed E-state index contributed by atoms with van der Waals surface area (Å²) in [5.74, 6) is -0.270. The molecule has 3 rings (SSSR count). The molecule has 0 saturated carbocycles. The van der Waals surface area contributed by atoms with Crippen molar-refractivity contribution in [3.63, 3.8) is 0 Å². The Bertz CT molecular complexity index is 1100. The molecule has 0 radical (unpaired) electrons. The number of aromatic amines is 1. The number of ether oxygens (including phenoxy) is 2. The first-order valence-corrected chi connectivity index (χ1v) is 9.57. The lowest BCUT2D eigenvalue weighted by Crippen LogP contribution is -2.17. The van der Waals surface area contributed by atoms with Gasteiger partial charge in [0.1, 0.15) is 5.75 Å². The molecule has 1 heterocycles. The van der Waals surface area contributed by atoms with Crippen LogP contribution in [-0.4, -0.2) is 30.0 Å². The minimum absolute atomic E-state index is 0.194. The number of esters is 1. The quantitative estimate of drug-likeness (QED) is 0.460. The van der Waals surface area contributed by atoms with Crippen molar-refractivity contribution in [2.24, 2.45) is 0 Å². The predicted molar refractivity (Wildman–Crippen MR) is 113 cm³/mol. The largest absolute Gasteiger partial charge is 0.485 e. The van der Waals surface area contributed by atoms with Gasteiger partial charge in [0.15, 0.2) is 6.61 Å². The zero-order valence-electron chi connectivity index (χ0n) is 17.1. The van der Waals surface area contributed by atoms with Crippen molar-refractivity contribution in [2.45, 2.75) is 20.8 Å². The highest BCUT2D eigenvalue weighted by molar-refractivity contribution is 6.08. The third-order valence-electron chi connectivity index (χ3n) is 4.70. The number of rotatable bonds is 7. The fourth-order valence-corrected chi connectivity index (χ4v) is 3.29. The molecule has 0 aliphatic heterocycles. The molecule has 0 saturated heterocycles. The number of hydrogen-bond acceptors (Lipinski definition) is 5. The molecule has 1 N–H and O–H groups in total. The Hall–Kier alpha value is -3.85. The first kappa shape index (κ1) is 20.9. The number of hydrogen-bond donors (Lipinski definition) is 1. The van der Waals surface area contributed by atoms with Crippen LogP contribution in [0.3, 0.4) is 0 Å². The van der Waals surface area contributed by atoms with Gasteiger partial charge in [-0.1, -0.05) is 24.3 Å². The van der Waals surface area contributed by atoms with Crippen LogP contribution in [0.1, 0.15) is 44.6 Å². The van der Waals surface area contributed by atoms with E-state index >= 15 is 0 Å². The second-order valence-corrected chi connectivity index (χ2v) is 6.77. The summed E-state index contributed by atoms with van der Waals surface area (Å²) < 4.78 is 10.7.